The maximum Gasteiger partial charge on any atom is 0.282 e. The summed E-state index contributed by atoms with van der Waals surface area (Å²) in [5, 5.41) is 0. The van der Waals surface area contributed by atoms with Gasteiger partial charge in [-0.3, -0.25) is 0 Å². The van der Waals surface area contributed by atoms with Crippen molar-refractivity contribution >= 4 is 10.2 Å². The summed E-state index contributed by atoms with van der Waals surface area (Å²) >= 11 is 0. The summed E-state index contributed by atoms with van der Waals surface area (Å²) in [5.41, 5.74) is 0. The predicted octanol–water partition coefficient (Wildman–Crippen LogP) is 0.849. The summed E-state index contributed by atoms with van der Waals surface area (Å²) < 4.78 is 37.9. The Morgan fingerprint density at radius 3 is 2.61 bits per heavy atom. The number of furan rings is 1. The molecule has 0 bridgehead atoms. The second-order valence-electron chi connectivity index (χ2n) is 4.23. The second-order valence-corrected chi connectivity index (χ2v) is 6.21. The third-order valence-corrected chi connectivity index (χ3v) is 5.22. The van der Waals surface area contributed by atoms with Crippen LogP contribution < -0.4 is 0 Å². The van der Waals surface area contributed by atoms with Gasteiger partial charge in [0.1, 0.15) is 5.76 Å². The Bertz CT molecular complexity index is 465. The summed E-state index contributed by atoms with van der Waals surface area (Å²) in [6.45, 7) is 3.50. The first-order valence-electron chi connectivity index (χ1n) is 5.87. The summed E-state index contributed by atoms with van der Waals surface area (Å²) in [6.07, 6.45) is 1.54. The van der Waals surface area contributed by atoms with Crippen molar-refractivity contribution in [2.24, 2.45) is 0 Å². The molecule has 1 fully saturated rings. The monoisotopic (exact) mass is 274 g/mol. The molecule has 0 amide bonds. The first kappa shape index (κ1) is 13.5. The number of morpholine rings is 1. The van der Waals surface area contributed by atoms with E-state index in [0.717, 1.165) is 0 Å². The van der Waals surface area contributed by atoms with E-state index in [4.69, 9.17) is 9.15 Å². The summed E-state index contributed by atoms with van der Waals surface area (Å²) in [5.74, 6) is 0.634. The predicted molar refractivity (Wildman–Crippen MR) is 66.2 cm³/mol. The van der Waals surface area contributed by atoms with Crippen LogP contribution in [0.2, 0.25) is 0 Å². The second kappa shape index (κ2) is 5.40. The van der Waals surface area contributed by atoms with E-state index in [-0.39, 0.29) is 6.04 Å². The van der Waals surface area contributed by atoms with Gasteiger partial charge in [0.25, 0.3) is 10.2 Å². The molecule has 7 heteroatoms. The van der Waals surface area contributed by atoms with Crippen LogP contribution in [0.25, 0.3) is 0 Å². The van der Waals surface area contributed by atoms with Crippen molar-refractivity contribution in [2.75, 3.05) is 33.4 Å². The molecule has 0 aliphatic carbocycles. The molecule has 1 saturated heterocycles. The van der Waals surface area contributed by atoms with Crippen molar-refractivity contribution < 1.29 is 17.6 Å². The first-order chi connectivity index (χ1) is 8.53. The van der Waals surface area contributed by atoms with Gasteiger partial charge in [0.2, 0.25) is 0 Å². The van der Waals surface area contributed by atoms with Crippen LogP contribution in [-0.4, -0.2) is 50.4 Å². The third kappa shape index (κ3) is 2.59. The molecule has 1 aliphatic rings. The topological polar surface area (TPSA) is 63.0 Å². The lowest BCUT2D eigenvalue weighted by molar-refractivity contribution is 0.0698. The molecule has 1 aromatic heterocycles. The largest absolute Gasteiger partial charge is 0.468 e. The molecule has 1 aliphatic heterocycles. The molecule has 1 aromatic rings. The quantitative estimate of drug-likeness (QED) is 0.816. The van der Waals surface area contributed by atoms with Crippen LogP contribution in [0.3, 0.4) is 0 Å². The smallest absolute Gasteiger partial charge is 0.282 e. The Kier molecular flexibility index (Phi) is 4.06. The lowest BCUT2D eigenvalue weighted by Gasteiger charge is -2.32. The highest BCUT2D eigenvalue weighted by atomic mass is 32.2. The molecule has 0 radical (unpaired) electrons. The molecule has 6 nitrogen and oxygen atoms in total. The Labute approximate surface area is 107 Å². The SMILES string of the molecule is CC(c1ccco1)N(C)S(=O)(=O)N1CCOCC1. The Balaban J connectivity index is 2.13. The highest BCUT2D eigenvalue weighted by Crippen LogP contribution is 2.23. The van der Waals surface area contributed by atoms with Crippen LogP contribution in [0.1, 0.15) is 18.7 Å². The minimum Gasteiger partial charge on any atom is -0.468 e. The van der Waals surface area contributed by atoms with Crippen LogP contribution >= 0.6 is 0 Å². The van der Waals surface area contributed by atoms with Crippen molar-refractivity contribution in [1.82, 2.24) is 8.61 Å². The van der Waals surface area contributed by atoms with Crippen molar-refractivity contribution in [1.29, 1.82) is 0 Å². The van der Waals surface area contributed by atoms with Gasteiger partial charge in [-0.05, 0) is 19.1 Å². The minimum atomic E-state index is -3.46. The lowest BCUT2D eigenvalue weighted by atomic mass is 10.3. The van der Waals surface area contributed by atoms with Gasteiger partial charge in [-0.25, -0.2) is 0 Å². The number of ether oxygens (including phenoxy) is 1. The highest BCUT2D eigenvalue weighted by molar-refractivity contribution is 7.86. The fourth-order valence-electron chi connectivity index (χ4n) is 1.87. The van der Waals surface area contributed by atoms with Gasteiger partial charge in [0.15, 0.2) is 0 Å². The maximum atomic E-state index is 12.4. The van der Waals surface area contributed by atoms with Gasteiger partial charge < -0.3 is 9.15 Å². The summed E-state index contributed by atoms with van der Waals surface area (Å²) in [7, 11) is -1.89. The van der Waals surface area contributed by atoms with Gasteiger partial charge >= 0.3 is 0 Å². The molecule has 0 N–H and O–H groups in total. The standard InChI is InChI=1S/C11H18N2O4S/c1-10(11-4-3-7-17-11)12(2)18(14,15)13-5-8-16-9-6-13/h3-4,7,10H,5-6,8-9H2,1-2H3. The molecule has 0 spiro atoms. The van der Waals surface area contributed by atoms with E-state index in [1.165, 1.54) is 8.61 Å². The number of hydrogen-bond donors (Lipinski definition) is 0. The van der Waals surface area contributed by atoms with Crippen molar-refractivity contribution in [3.05, 3.63) is 24.2 Å². The van der Waals surface area contributed by atoms with E-state index >= 15 is 0 Å². The number of hydrogen-bond acceptors (Lipinski definition) is 4. The molecular formula is C11H18N2O4S. The first-order valence-corrected chi connectivity index (χ1v) is 7.27. The van der Waals surface area contributed by atoms with Crippen molar-refractivity contribution in [2.45, 2.75) is 13.0 Å². The molecule has 102 valence electrons. The normalized spacial score (nSPS) is 20.2. The molecular weight excluding hydrogens is 256 g/mol. The Morgan fingerprint density at radius 1 is 1.39 bits per heavy atom. The highest BCUT2D eigenvalue weighted by Gasteiger charge is 2.32. The van der Waals surface area contributed by atoms with Crippen molar-refractivity contribution in [3.8, 4) is 0 Å². The molecule has 2 rings (SSSR count). The zero-order valence-electron chi connectivity index (χ0n) is 10.6. The van der Waals surface area contributed by atoms with Crippen LogP contribution in [0.15, 0.2) is 22.8 Å². The van der Waals surface area contributed by atoms with E-state index in [0.29, 0.717) is 32.1 Å². The molecule has 0 saturated carbocycles. The average molecular weight is 274 g/mol. The van der Waals surface area contributed by atoms with Gasteiger partial charge in [-0.1, -0.05) is 0 Å². The van der Waals surface area contributed by atoms with Crippen LogP contribution in [0.4, 0.5) is 0 Å². The molecule has 18 heavy (non-hydrogen) atoms. The Morgan fingerprint density at radius 2 is 2.06 bits per heavy atom. The third-order valence-electron chi connectivity index (χ3n) is 3.16. The van der Waals surface area contributed by atoms with E-state index in [2.05, 4.69) is 0 Å². The maximum absolute atomic E-state index is 12.4. The van der Waals surface area contributed by atoms with E-state index < -0.39 is 10.2 Å². The number of nitrogens with zero attached hydrogens (tertiary/aromatic N) is 2. The molecule has 1 atom stereocenters. The van der Waals surface area contributed by atoms with Gasteiger partial charge in [-0.2, -0.15) is 17.0 Å². The zero-order chi connectivity index (χ0) is 13.2. The molecule has 1 unspecified atom stereocenters. The fraction of sp³-hybridized carbons (Fsp3) is 0.636. The van der Waals surface area contributed by atoms with Crippen LogP contribution in [0.5, 0.6) is 0 Å². The zero-order valence-corrected chi connectivity index (χ0v) is 11.4. The van der Waals surface area contributed by atoms with Gasteiger partial charge in [-0.15, -0.1) is 0 Å². The molecule has 2 heterocycles. The summed E-state index contributed by atoms with van der Waals surface area (Å²) in [4.78, 5) is 0. The van der Waals surface area contributed by atoms with Crippen LogP contribution in [-0.2, 0) is 14.9 Å². The van der Waals surface area contributed by atoms with E-state index in [1.54, 1.807) is 32.4 Å². The minimum absolute atomic E-state index is 0.326. The van der Waals surface area contributed by atoms with Gasteiger partial charge in [0.05, 0.1) is 25.5 Å². The van der Waals surface area contributed by atoms with E-state index in [1.807, 2.05) is 0 Å². The van der Waals surface area contributed by atoms with E-state index in [9.17, 15) is 8.42 Å². The van der Waals surface area contributed by atoms with Crippen LogP contribution in [0, 0.1) is 0 Å². The van der Waals surface area contributed by atoms with Gasteiger partial charge in [0, 0.05) is 20.1 Å². The summed E-state index contributed by atoms with van der Waals surface area (Å²) in [6, 6.07) is 3.20. The molecule has 0 aromatic carbocycles. The number of rotatable bonds is 4. The van der Waals surface area contributed by atoms with Crippen molar-refractivity contribution in [3.63, 3.8) is 0 Å². The lowest BCUT2D eigenvalue weighted by Crippen LogP contribution is -2.47. The fourth-order valence-corrected chi connectivity index (χ4v) is 3.35. The Hall–Kier alpha value is -0.890. The average Bonchev–Trinajstić information content (AvgIpc) is 2.92.